The van der Waals surface area contributed by atoms with Gasteiger partial charge in [-0.15, -0.1) is 0 Å². The van der Waals surface area contributed by atoms with Gasteiger partial charge in [-0.05, 0) is 37.6 Å². The third-order valence-electron chi connectivity index (χ3n) is 3.72. The molecule has 0 heterocycles. The van der Waals surface area contributed by atoms with Crippen LogP contribution < -0.4 is 25.1 Å². The Kier molecular flexibility index (Phi) is 7.49. The number of rotatable bonds is 8. The standard InChI is InChI=1S/C20H24N2O5/c1-4-16(27-15-11-9-14(2)10-12-15)20(24)22-21-19(23)13-26-18-8-6-5-7-17(18)25-3/h5-12,16H,4,13H2,1-3H3,(H,21,23)(H,22,24). The lowest BCUT2D eigenvalue weighted by atomic mass is 10.2. The summed E-state index contributed by atoms with van der Waals surface area (Å²) in [5.41, 5.74) is 5.77. The van der Waals surface area contributed by atoms with Gasteiger partial charge in [0.25, 0.3) is 11.8 Å². The molecule has 0 bridgehead atoms. The number of hydrogen-bond acceptors (Lipinski definition) is 5. The summed E-state index contributed by atoms with van der Waals surface area (Å²) in [6.45, 7) is 3.53. The molecule has 2 aromatic carbocycles. The molecule has 2 aromatic rings. The van der Waals surface area contributed by atoms with Gasteiger partial charge in [-0.1, -0.05) is 36.8 Å². The maximum atomic E-state index is 12.2. The minimum Gasteiger partial charge on any atom is -0.493 e. The van der Waals surface area contributed by atoms with Gasteiger partial charge >= 0.3 is 0 Å². The molecule has 0 aliphatic carbocycles. The van der Waals surface area contributed by atoms with Crippen molar-refractivity contribution in [3.05, 3.63) is 54.1 Å². The quantitative estimate of drug-likeness (QED) is 0.695. The summed E-state index contributed by atoms with van der Waals surface area (Å²) in [5.74, 6) is 0.610. The number of ether oxygens (including phenoxy) is 3. The number of methoxy groups -OCH3 is 1. The predicted octanol–water partition coefficient (Wildman–Crippen LogP) is 2.39. The van der Waals surface area contributed by atoms with Crippen molar-refractivity contribution >= 4 is 11.8 Å². The average molecular weight is 372 g/mol. The number of carbonyl (C=O) groups excluding carboxylic acids is 2. The molecule has 0 spiro atoms. The zero-order chi connectivity index (χ0) is 19.6. The van der Waals surface area contributed by atoms with Gasteiger partial charge in [0.2, 0.25) is 0 Å². The van der Waals surface area contributed by atoms with E-state index >= 15 is 0 Å². The number of hydrogen-bond donors (Lipinski definition) is 2. The summed E-state index contributed by atoms with van der Waals surface area (Å²) in [5, 5.41) is 0. The minimum absolute atomic E-state index is 0.268. The van der Waals surface area contributed by atoms with Gasteiger partial charge in [-0.3, -0.25) is 20.4 Å². The second-order valence-corrected chi connectivity index (χ2v) is 5.80. The first-order chi connectivity index (χ1) is 13.0. The SMILES string of the molecule is CCC(Oc1ccc(C)cc1)C(=O)NNC(=O)COc1ccccc1OC. The van der Waals surface area contributed by atoms with E-state index in [1.807, 2.05) is 26.0 Å². The van der Waals surface area contributed by atoms with Crippen LogP contribution in [0.15, 0.2) is 48.5 Å². The number of nitrogens with one attached hydrogen (secondary N) is 2. The Morgan fingerprint density at radius 3 is 2.30 bits per heavy atom. The van der Waals surface area contributed by atoms with Crippen LogP contribution in [0, 0.1) is 6.92 Å². The van der Waals surface area contributed by atoms with Gasteiger partial charge in [-0.2, -0.15) is 0 Å². The molecule has 2 rings (SSSR count). The van der Waals surface area contributed by atoms with Crippen molar-refractivity contribution in [2.45, 2.75) is 26.4 Å². The van der Waals surface area contributed by atoms with Crippen LogP contribution in [0.2, 0.25) is 0 Å². The van der Waals surface area contributed by atoms with Gasteiger partial charge in [0.05, 0.1) is 7.11 Å². The van der Waals surface area contributed by atoms with Crippen molar-refractivity contribution in [2.75, 3.05) is 13.7 Å². The number of hydrazine groups is 1. The van der Waals surface area contributed by atoms with Gasteiger partial charge in [-0.25, -0.2) is 0 Å². The van der Waals surface area contributed by atoms with Crippen molar-refractivity contribution in [1.29, 1.82) is 0 Å². The highest BCUT2D eigenvalue weighted by molar-refractivity contribution is 5.85. The lowest BCUT2D eigenvalue weighted by molar-refractivity contribution is -0.134. The molecule has 0 aliphatic heterocycles. The Labute approximate surface area is 158 Å². The highest BCUT2D eigenvalue weighted by Crippen LogP contribution is 2.25. The average Bonchev–Trinajstić information content (AvgIpc) is 2.70. The first-order valence-electron chi connectivity index (χ1n) is 8.61. The third kappa shape index (κ3) is 6.22. The normalized spacial score (nSPS) is 11.2. The Hall–Kier alpha value is -3.22. The minimum atomic E-state index is -0.719. The maximum Gasteiger partial charge on any atom is 0.279 e. The van der Waals surface area contributed by atoms with Crippen LogP contribution in [0.5, 0.6) is 17.2 Å². The second kappa shape index (κ2) is 10.1. The summed E-state index contributed by atoms with van der Waals surface area (Å²) in [6, 6.07) is 14.4. The van der Waals surface area contributed by atoms with Crippen LogP contribution in [0.4, 0.5) is 0 Å². The van der Waals surface area contributed by atoms with Crippen LogP contribution in [0.3, 0.4) is 0 Å². The van der Waals surface area contributed by atoms with E-state index in [9.17, 15) is 9.59 Å². The molecule has 0 saturated carbocycles. The predicted molar refractivity (Wildman–Crippen MR) is 101 cm³/mol. The van der Waals surface area contributed by atoms with Crippen molar-refractivity contribution in [3.63, 3.8) is 0 Å². The van der Waals surface area contributed by atoms with E-state index in [2.05, 4.69) is 10.9 Å². The number of amides is 2. The summed E-state index contributed by atoms with van der Waals surface area (Å²) in [7, 11) is 1.52. The summed E-state index contributed by atoms with van der Waals surface area (Å²) in [4.78, 5) is 24.1. The first-order valence-corrected chi connectivity index (χ1v) is 8.61. The molecule has 1 unspecified atom stereocenters. The summed E-state index contributed by atoms with van der Waals surface area (Å²) < 4.78 is 16.2. The molecule has 0 aromatic heterocycles. The fourth-order valence-corrected chi connectivity index (χ4v) is 2.23. The fraction of sp³-hybridized carbons (Fsp3) is 0.300. The summed E-state index contributed by atoms with van der Waals surface area (Å²) in [6.07, 6.45) is -0.268. The number of para-hydroxylation sites is 2. The second-order valence-electron chi connectivity index (χ2n) is 5.80. The summed E-state index contributed by atoms with van der Waals surface area (Å²) >= 11 is 0. The zero-order valence-corrected chi connectivity index (χ0v) is 15.7. The van der Waals surface area contributed by atoms with Gasteiger partial charge < -0.3 is 14.2 Å². The largest absolute Gasteiger partial charge is 0.493 e. The zero-order valence-electron chi connectivity index (χ0n) is 15.7. The smallest absolute Gasteiger partial charge is 0.279 e. The van der Waals surface area contributed by atoms with Crippen LogP contribution in [0.1, 0.15) is 18.9 Å². The van der Waals surface area contributed by atoms with Crippen LogP contribution in [-0.4, -0.2) is 31.6 Å². The molecule has 2 N–H and O–H groups in total. The van der Waals surface area contributed by atoms with E-state index in [4.69, 9.17) is 14.2 Å². The Morgan fingerprint density at radius 1 is 1.00 bits per heavy atom. The molecule has 2 amide bonds. The third-order valence-corrected chi connectivity index (χ3v) is 3.72. The Morgan fingerprint density at radius 2 is 1.67 bits per heavy atom. The van der Waals surface area contributed by atoms with Crippen LogP contribution in [0.25, 0.3) is 0 Å². The lowest BCUT2D eigenvalue weighted by Crippen LogP contribution is -2.49. The molecule has 1 atom stereocenters. The topological polar surface area (TPSA) is 85.9 Å². The van der Waals surface area contributed by atoms with Crippen molar-refractivity contribution in [2.24, 2.45) is 0 Å². The van der Waals surface area contributed by atoms with Crippen LogP contribution >= 0.6 is 0 Å². The van der Waals surface area contributed by atoms with Crippen LogP contribution in [-0.2, 0) is 9.59 Å². The van der Waals surface area contributed by atoms with E-state index < -0.39 is 17.9 Å². The molecule has 0 aliphatic rings. The molecule has 27 heavy (non-hydrogen) atoms. The van der Waals surface area contributed by atoms with E-state index in [1.54, 1.807) is 36.4 Å². The molecule has 7 nitrogen and oxygen atoms in total. The Bertz CT molecular complexity index is 761. The molecular formula is C20H24N2O5. The van der Waals surface area contributed by atoms with E-state index in [1.165, 1.54) is 7.11 Å². The van der Waals surface area contributed by atoms with Crippen molar-refractivity contribution < 1.29 is 23.8 Å². The van der Waals surface area contributed by atoms with E-state index in [0.29, 0.717) is 23.7 Å². The molecule has 7 heteroatoms. The maximum absolute atomic E-state index is 12.2. The van der Waals surface area contributed by atoms with E-state index in [0.717, 1.165) is 5.56 Å². The number of carbonyl (C=O) groups is 2. The molecule has 0 fully saturated rings. The molecular weight excluding hydrogens is 348 g/mol. The van der Waals surface area contributed by atoms with Crippen molar-refractivity contribution in [1.82, 2.24) is 10.9 Å². The van der Waals surface area contributed by atoms with Gasteiger partial charge in [0, 0.05) is 0 Å². The lowest BCUT2D eigenvalue weighted by Gasteiger charge is -2.18. The molecule has 0 saturated heterocycles. The van der Waals surface area contributed by atoms with Gasteiger partial charge in [0.1, 0.15) is 5.75 Å². The number of aryl methyl sites for hydroxylation is 1. The van der Waals surface area contributed by atoms with Gasteiger partial charge in [0.15, 0.2) is 24.2 Å². The molecule has 144 valence electrons. The van der Waals surface area contributed by atoms with E-state index in [-0.39, 0.29) is 6.61 Å². The first kappa shape index (κ1) is 20.1. The highest BCUT2D eigenvalue weighted by Gasteiger charge is 2.19. The highest BCUT2D eigenvalue weighted by atomic mass is 16.5. The molecule has 0 radical (unpaired) electrons. The van der Waals surface area contributed by atoms with Crippen molar-refractivity contribution in [3.8, 4) is 17.2 Å². The monoisotopic (exact) mass is 372 g/mol. The fourth-order valence-electron chi connectivity index (χ4n) is 2.23. The number of benzene rings is 2. The Balaban J connectivity index is 1.80.